The summed E-state index contributed by atoms with van der Waals surface area (Å²) in [6.07, 6.45) is 5.10. The second-order valence-corrected chi connectivity index (χ2v) is 3.96. The minimum absolute atomic E-state index is 0.00820. The largest absolute Gasteiger partial charge is 0.331 e. The molecule has 1 aromatic carbocycles. The van der Waals surface area contributed by atoms with Crippen molar-refractivity contribution in [2.45, 2.75) is 48.5 Å². The summed E-state index contributed by atoms with van der Waals surface area (Å²) < 4.78 is 1.73. The summed E-state index contributed by atoms with van der Waals surface area (Å²) in [5.41, 5.74) is 2.34. The zero-order chi connectivity index (χ0) is 18.3. The Morgan fingerprint density at radius 2 is 1.52 bits per heavy atom. The van der Waals surface area contributed by atoms with Crippen molar-refractivity contribution in [3.8, 4) is 0 Å². The van der Waals surface area contributed by atoms with Crippen LogP contribution < -0.4 is 0 Å². The average Bonchev–Trinajstić information content (AvgIpc) is 3.06. The van der Waals surface area contributed by atoms with E-state index in [1.54, 1.807) is 17.1 Å². The van der Waals surface area contributed by atoms with Crippen LogP contribution in [0.15, 0.2) is 48.4 Å². The van der Waals surface area contributed by atoms with Crippen molar-refractivity contribution < 1.29 is 4.79 Å². The molecule has 2 aromatic rings. The van der Waals surface area contributed by atoms with Crippen LogP contribution in [0, 0.1) is 0 Å². The molecule has 0 aliphatic heterocycles. The van der Waals surface area contributed by atoms with Gasteiger partial charge in [0.1, 0.15) is 5.69 Å². The first-order valence-corrected chi connectivity index (χ1v) is 8.43. The Morgan fingerprint density at radius 1 is 1.00 bits per heavy atom. The number of aryl methyl sites for hydroxylation is 1. The third-order valence-corrected chi connectivity index (χ3v) is 2.59. The number of ketones is 1. The average molecular weight is 316 g/mol. The first-order chi connectivity index (χ1) is 11.2. The Labute approximate surface area is 142 Å². The van der Waals surface area contributed by atoms with Gasteiger partial charge in [-0.15, -0.1) is 0 Å². The highest BCUT2D eigenvalue weighted by Crippen LogP contribution is 2.11. The van der Waals surface area contributed by atoms with E-state index in [-0.39, 0.29) is 5.78 Å². The van der Waals surface area contributed by atoms with Crippen molar-refractivity contribution in [2.24, 2.45) is 7.05 Å². The lowest BCUT2D eigenvalue weighted by molar-refractivity contribution is 0.102. The fourth-order valence-electron chi connectivity index (χ4n) is 1.64. The summed E-state index contributed by atoms with van der Waals surface area (Å²) in [6.45, 7) is 13.8. The number of allylic oxidation sites excluding steroid dienone is 1. The minimum atomic E-state index is 0.00820. The second-order valence-electron chi connectivity index (χ2n) is 3.96. The van der Waals surface area contributed by atoms with E-state index in [1.165, 1.54) is 0 Å². The number of aromatic nitrogens is 2. The third kappa shape index (κ3) is 8.15. The van der Waals surface area contributed by atoms with E-state index in [1.807, 2.05) is 91.9 Å². The zero-order valence-electron chi connectivity index (χ0n) is 15.9. The number of benzene rings is 1. The fraction of sp³-hybridized carbons (Fsp3) is 0.400. The molecular formula is C20H32N2O. The Morgan fingerprint density at radius 3 is 1.96 bits per heavy atom. The standard InChI is InChI=1S/C14H14N2O.3C2H6/c1-11(8-12-6-4-3-5-7-12)14(17)13-9-15-10-16(13)2;3*1-2/h3-10H,1-2H3;3*1-2H3/b11-8+;;;. The van der Waals surface area contributed by atoms with Gasteiger partial charge in [-0.05, 0) is 24.1 Å². The molecule has 3 nitrogen and oxygen atoms in total. The van der Waals surface area contributed by atoms with Crippen molar-refractivity contribution in [1.29, 1.82) is 0 Å². The molecule has 0 spiro atoms. The van der Waals surface area contributed by atoms with E-state index < -0.39 is 0 Å². The molecule has 0 saturated carbocycles. The molecule has 1 aromatic heterocycles. The van der Waals surface area contributed by atoms with E-state index in [2.05, 4.69) is 4.98 Å². The lowest BCUT2D eigenvalue weighted by Crippen LogP contribution is -2.06. The number of imidazole rings is 1. The molecule has 0 aliphatic rings. The fourth-order valence-corrected chi connectivity index (χ4v) is 1.64. The molecule has 0 fully saturated rings. The molecule has 2 rings (SSSR count). The normalized spacial score (nSPS) is 9.30. The van der Waals surface area contributed by atoms with Gasteiger partial charge in [0.05, 0.1) is 12.5 Å². The van der Waals surface area contributed by atoms with Gasteiger partial charge in [-0.25, -0.2) is 4.98 Å². The van der Waals surface area contributed by atoms with E-state index >= 15 is 0 Å². The second kappa shape index (κ2) is 14.8. The number of nitrogens with zero attached hydrogens (tertiary/aromatic N) is 2. The highest BCUT2D eigenvalue weighted by Gasteiger charge is 2.11. The smallest absolute Gasteiger partial charge is 0.206 e. The summed E-state index contributed by atoms with van der Waals surface area (Å²) in [7, 11) is 1.82. The molecule has 1 heterocycles. The van der Waals surface area contributed by atoms with Crippen LogP contribution >= 0.6 is 0 Å². The van der Waals surface area contributed by atoms with Crippen LogP contribution in [-0.2, 0) is 7.05 Å². The monoisotopic (exact) mass is 316 g/mol. The van der Waals surface area contributed by atoms with Crippen molar-refractivity contribution in [3.05, 3.63) is 59.7 Å². The number of Topliss-reactive ketones (excluding diaryl/α,β-unsaturated/α-hetero) is 1. The number of hydrogen-bond donors (Lipinski definition) is 0. The first kappa shape index (κ1) is 23.1. The van der Waals surface area contributed by atoms with Crippen molar-refractivity contribution >= 4 is 11.9 Å². The number of hydrogen-bond acceptors (Lipinski definition) is 2. The van der Waals surface area contributed by atoms with E-state index in [4.69, 9.17) is 0 Å². The van der Waals surface area contributed by atoms with Crippen LogP contribution in [0.1, 0.15) is 64.5 Å². The van der Waals surface area contributed by atoms with Crippen LogP contribution in [0.4, 0.5) is 0 Å². The Hall–Kier alpha value is -2.16. The van der Waals surface area contributed by atoms with Gasteiger partial charge in [0, 0.05) is 7.05 Å². The molecule has 0 amide bonds. The molecule has 23 heavy (non-hydrogen) atoms. The molecule has 0 saturated heterocycles. The topological polar surface area (TPSA) is 34.9 Å². The maximum absolute atomic E-state index is 12.1. The highest BCUT2D eigenvalue weighted by atomic mass is 16.1. The van der Waals surface area contributed by atoms with Crippen molar-refractivity contribution in [2.75, 3.05) is 0 Å². The van der Waals surface area contributed by atoms with E-state index in [0.717, 1.165) is 5.56 Å². The van der Waals surface area contributed by atoms with Gasteiger partial charge in [-0.3, -0.25) is 4.79 Å². The molecule has 128 valence electrons. The highest BCUT2D eigenvalue weighted by molar-refractivity contribution is 6.09. The van der Waals surface area contributed by atoms with Gasteiger partial charge in [-0.2, -0.15) is 0 Å². The Kier molecular flexibility index (Phi) is 14.8. The van der Waals surface area contributed by atoms with Gasteiger partial charge in [0.15, 0.2) is 0 Å². The number of carbonyl (C=O) groups is 1. The Balaban J connectivity index is 0. The van der Waals surface area contributed by atoms with Gasteiger partial charge in [0.2, 0.25) is 5.78 Å². The quantitative estimate of drug-likeness (QED) is 0.531. The minimum Gasteiger partial charge on any atom is -0.331 e. The summed E-state index contributed by atoms with van der Waals surface area (Å²) in [5, 5.41) is 0. The molecule has 0 aliphatic carbocycles. The van der Waals surface area contributed by atoms with Crippen LogP contribution in [0.25, 0.3) is 6.08 Å². The first-order valence-electron chi connectivity index (χ1n) is 8.43. The lowest BCUT2D eigenvalue weighted by atomic mass is 10.1. The molecule has 0 N–H and O–H groups in total. The van der Waals surface area contributed by atoms with Crippen LogP contribution in [0.5, 0.6) is 0 Å². The summed E-state index contributed by atoms with van der Waals surface area (Å²) in [5.74, 6) is 0.00820. The molecule has 0 radical (unpaired) electrons. The van der Waals surface area contributed by atoms with Crippen LogP contribution in [0.3, 0.4) is 0 Å². The summed E-state index contributed by atoms with van der Waals surface area (Å²) in [4.78, 5) is 16.0. The lowest BCUT2D eigenvalue weighted by Gasteiger charge is -2.02. The van der Waals surface area contributed by atoms with Crippen LogP contribution in [0.2, 0.25) is 0 Å². The summed E-state index contributed by atoms with van der Waals surface area (Å²) >= 11 is 0. The molecule has 0 bridgehead atoms. The van der Waals surface area contributed by atoms with E-state index in [9.17, 15) is 4.79 Å². The van der Waals surface area contributed by atoms with Crippen LogP contribution in [-0.4, -0.2) is 15.3 Å². The maximum atomic E-state index is 12.1. The molecule has 0 atom stereocenters. The molecular weight excluding hydrogens is 284 g/mol. The molecule has 0 unspecified atom stereocenters. The predicted octanol–water partition coefficient (Wildman–Crippen LogP) is 5.78. The zero-order valence-corrected chi connectivity index (χ0v) is 15.9. The third-order valence-electron chi connectivity index (χ3n) is 2.59. The van der Waals surface area contributed by atoms with Crippen molar-refractivity contribution in [1.82, 2.24) is 9.55 Å². The van der Waals surface area contributed by atoms with Crippen molar-refractivity contribution in [3.63, 3.8) is 0 Å². The number of rotatable bonds is 3. The van der Waals surface area contributed by atoms with Gasteiger partial charge in [-0.1, -0.05) is 71.9 Å². The predicted molar refractivity (Wildman–Crippen MR) is 102 cm³/mol. The summed E-state index contributed by atoms with van der Waals surface area (Å²) in [6, 6.07) is 9.80. The van der Waals surface area contributed by atoms with Gasteiger partial charge >= 0.3 is 0 Å². The SMILES string of the molecule is C/C(=C\c1ccccc1)C(=O)c1cncn1C.CC.CC.CC. The van der Waals surface area contributed by atoms with Gasteiger partial charge < -0.3 is 4.57 Å². The van der Waals surface area contributed by atoms with Gasteiger partial charge in [0.25, 0.3) is 0 Å². The number of carbonyl (C=O) groups excluding carboxylic acids is 1. The van der Waals surface area contributed by atoms with E-state index in [0.29, 0.717) is 11.3 Å². The molecule has 3 heteroatoms. The Bertz CT molecular complexity index is 554. The maximum Gasteiger partial charge on any atom is 0.206 e.